The fraction of sp³-hybridized carbons (Fsp3) is 0.667. The molecule has 0 saturated heterocycles. The summed E-state index contributed by atoms with van der Waals surface area (Å²) in [5.41, 5.74) is 0.446. The Morgan fingerprint density at radius 2 is 1.48 bits per heavy atom. The van der Waals surface area contributed by atoms with E-state index < -0.39 is 5.97 Å². The monoisotopic (exact) mass is 431 g/mol. The Balaban J connectivity index is 1.35. The van der Waals surface area contributed by atoms with Crippen molar-refractivity contribution in [2.45, 2.75) is 51.5 Å². The molecular weight excluding hydrogens is 398 g/mol. The van der Waals surface area contributed by atoms with E-state index in [0.717, 1.165) is 17.8 Å². The van der Waals surface area contributed by atoms with Gasteiger partial charge in [0.2, 0.25) is 5.75 Å². The summed E-state index contributed by atoms with van der Waals surface area (Å²) in [6.07, 6.45) is 7.74. The quantitative estimate of drug-likeness (QED) is 0.634. The van der Waals surface area contributed by atoms with Crippen LogP contribution in [0.15, 0.2) is 12.1 Å². The SMILES string of the molecule is COc1cc(C(=O)OCC(=O)NC(C)C23CC4CC(CC(C4)C2)C3)cc(OC)c1OC. The van der Waals surface area contributed by atoms with E-state index in [-0.39, 0.29) is 29.5 Å². The molecule has 7 nitrogen and oxygen atoms in total. The first-order valence-corrected chi connectivity index (χ1v) is 11.1. The number of hydrogen-bond donors (Lipinski definition) is 1. The Labute approximate surface area is 183 Å². The standard InChI is InChI=1S/C24H33NO6/c1-14(24-10-15-5-16(11-24)7-17(6-15)12-24)25-21(26)13-31-23(27)18-8-19(28-2)22(30-4)20(9-18)29-3/h8-9,14-17H,5-7,10-13H2,1-4H3,(H,25,26). The molecule has 4 aliphatic carbocycles. The topological polar surface area (TPSA) is 83.1 Å². The summed E-state index contributed by atoms with van der Waals surface area (Å²) in [6, 6.07) is 3.12. The van der Waals surface area contributed by atoms with Crippen LogP contribution in [0.4, 0.5) is 0 Å². The third kappa shape index (κ3) is 4.19. The van der Waals surface area contributed by atoms with E-state index in [4.69, 9.17) is 18.9 Å². The number of benzene rings is 1. The lowest BCUT2D eigenvalue weighted by atomic mass is 9.48. The second-order valence-electron chi connectivity index (χ2n) is 9.56. The van der Waals surface area contributed by atoms with Crippen molar-refractivity contribution in [1.82, 2.24) is 5.32 Å². The molecule has 0 spiro atoms. The minimum absolute atomic E-state index is 0.0910. The highest BCUT2D eigenvalue weighted by Crippen LogP contribution is 2.61. The Morgan fingerprint density at radius 1 is 0.968 bits per heavy atom. The van der Waals surface area contributed by atoms with Crippen LogP contribution in [-0.4, -0.2) is 45.9 Å². The smallest absolute Gasteiger partial charge is 0.338 e. The maximum absolute atomic E-state index is 12.6. The van der Waals surface area contributed by atoms with Crippen LogP contribution in [0.2, 0.25) is 0 Å². The lowest BCUT2D eigenvalue weighted by Crippen LogP contribution is -2.56. The van der Waals surface area contributed by atoms with Crippen LogP contribution in [-0.2, 0) is 9.53 Å². The Bertz CT molecular complexity index is 790. The Morgan fingerprint density at radius 3 is 1.94 bits per heavy atom. The summed E-state index contributed by atoms with van der Waals surface area (Å²) in [5, 5.41) is 3.12. The van der Waals surface area contributed by atoms with Gasteiger partial charge < -0.3 is 24.3 Å². The predicted molar refractivity (Wildman–Crippen MR) is 115 cm³/mol. The number of ether oxygens (including phenoxy) is 4. The zero-order valence-electron chi connectivity index (χ0n) is 18.9. The number of nitrogens with one attached hydrogen (secondary N) is 1. The van der Waals surface area contributed by atoms with Gasteiger partial charge in [0, 0.05) is 6.04 Å². The normalized spacial score (nSPS) is 29.2. The van der Waals surface area contributed by atoms with Crippen molar-refractivity contribution < 1.29 is 28.5 Å². The van der Waals surface area contributed by atoms with E-state index >= 15 is 0 Å². The molecule has 4 fully saturated rings. The van der Waals surface area contributed by atoms with Gasteiger partial charge in [0.15, 0.2) is 18.1 Å². The molecule has 1 aromatic carbocycles. The van der Waals surface area contributed by atoms with Crippen molar-refractivity contribution in [1.29, 1.82) is 0 Å². The summed E-state index contributed by atoms with van der Waals surface area (Å²) in [5.74, 6) is 2.70. The summed E-state index contributed by atoms with van der Waals surface area (Å²) in [7, 11) is 4.45. The highest BCUT2D eigenvalue weighted by molar-refractivity contribution is 5.92. The first-order valence-electron chi connectivity index (χ1n) is 11.1. The van der Waals surface area contributed by atoms with Crippen molar-refractivity contribution in [3.05, 3.63) is 17.7 Å². The van der Waals surface area contributed by atoms with Crippen molar-refractivity contribution in [2.75, 3.05) is 27.9 Å². The minimum atomic E-state index is -0.614. The van der Waals surface area contributed by atoms with Crippen LogP contribution in [0, 0.1) is 23.2 Å². The largest absolute Gasteiger partial charge is 0.493 e. The molecule has 4 saturated carbocycles. The number of esters is 1. The number of methoxy groups -OCH3 is 3. The molecule has 1 N–H and O–H groups in total. The molecule has 1 aromatic rings. The van der Waals surface area contributed by atoms with Crippen molar-refractivity contribution in [2.24, 2.45) is 23.2 Å². The molecule has 4 aliphatic rings. The molecule has 0 heterocycles. The zero-order valence-corrected chi connectivity index (χ0v) is 18.9. The summed E-state index contributed by atoms with van der Waals surface area (Å²) in [4.78, 5) is 25.1. The number of carbonyl (C=O) groups is 2. The van der Waals surface area contributed by atoms with Crippen LogP contribution in [0.1, 0.15) is 55.8 Å². The molecular formula is C24H33NO6. The van der Waals surface area contributed by atoms with Gasteiger partial charge in [-0.05, 0) is 80.8 Å². The van der Waals surface area contributed by atoms with Gasteiger partial charge in [-0.3, -0.25) is 4.79 Å². The summed E-state index contributed by atoms with van der Waals surface area (Å²) >= 11 is 0. The molecule has 4 bridgehead atoms. The van der Waals surface area contributed by atoms with E-state index in [2.05, 4.69) is 12.2 Å². The Kier molecular flexibility index (Phi) is 6.04. The molecule has 1 amide bonds. The van der Waals surface area contributed by atoms with Crippen molar-refractivity contribution >= 4 is 11.9 Å². The van der Waals surface area contributed by atoms with Crippen molar-refractivity contribution in [3.63, 3.8) is 0 Å². The average molecular weight is 432 g/mol. The van der Waals surface area contributed by atoms with E-state index in [9.17, 15) is 9.59 Å². The van der Waals surface area contributed by atoms with Gasteiger partial charge in [0.05, 0.1) is 26.9 Å². The highest BCUT2D eigenvalue weighted by atomic mass is 16.5. The van der Waals surface area contributed by atoms with E-state index in [1.807, 2.05) is 0 Å². The molecule has 0 aliphatic heterocycles. The molecule has 1 atom stereocenters. The second-order valence-corrected chi connectivity index (χ2v) is 9.56. The Hall–Kier alpha value is -2.44. The lowest BCUT2D eigenvalue weighted by molar-refractivity contribution is -0.128. The van der Waals surface area contributed by atoms with Crippen LogP contribution < -0.4 is 19.5 Å². The van der Waals surface area contributed by atoms with Gasteiger partial charge in [-0.1, -0.05) is 0 Å². The maximum Gasteiger partial charge on any atom is 0.338 e. The third-order valence-electron chi connectivity index (χ3n) is 7.62. The number of hydrogen-bond acceptors (Lipinski definition) is 6. The molecule has 31 heavy (non-hydrogen) atoms. The molecule has 170 valence electrons. The third-order valence-corrected chi connectivity index (χ3v) is 7.62. The first kappa shape index (κ1) is 21.8. The number of carbonyl (C=O) groups excluding carboxylic acids is 2. The molecule has 7 heteroatoms. The maximum atomic E-state index is 12.6. The fourth-order valence-electron chi connectivity index (χ4n) is 6.56. The van der Waals surface area contributed by atoms with Crippen LogP contribution >= 0.6 is 0 Å². The summed E-state index contributed by atoms with van der Waals surface area (Å²) < 4.78 is 21.1. The number of amides is 1. The van der Waals surface area contributed by atoms with Crippen molar-refractivity contribution in [3.8, 4) is 17.2 Å². The predicted octanol–water partition coefficient (Wildman–Crippen LogP) is 3.59. The molecule has 0 aromatic heterocycles. The van der Waals surface area contributed by atoms with E-state index in [1.165, 1.54) is 72.0 Å². The average Bonchev–Trinajstić information content (AvgIpc) is 2.75. The molecule has 5 rings (SSSR count). The van der Waals surface area contributed by atoms with Gasteiger partial charge in [-0.2, -0.15) is 0 Å². The van der Waals surface area contributed by atoms with Crippen LogP contribution in [0.3, 0.4) is 0 Å². The highest BCUT2D eigenvalue weighted by Gasteiger charge is 2.53. The summed E-state index contributed by atoms with van der Waals surface area (Å²) in [6.45, 7) is 1.80. The van der Waals surface area contributed by atoms with E-state index in [0.29, 0.717) is 17.2 Å². The minimum Gasteiger partial charge on any atom is -0.493 e. The first-order chi connectivity index (χ1) is 14.9. The fourth-order valence-corrected chi connectivity index (χ4v) is 6.56. The number of rotatable bonds is 8. The second kappa shape index (κ2) is 8.60. The molecule has 0 radical (unpaired) electrons. The van der Waals surface area contributed by atoms with Crippen LogP contribution in [0.5, 0.6) is 17.2 Å². The lowest BCUT2D eigenvalue weighted by Gasteiger charge is -2.59. The van der Waals surface area contributed by atoms with Gasteiger partial charge in [-0.15, -0.1) is 0 Å². The van der Waals surface area contributed by atoms with E-state index in [1.54, 1.807) is 0 Å². The van der Waals surface area contributed by atoms with Crippen LogP contribution in [0.25, 0.3) is 0 Å². The van der Waals surface area contributed by atoms with Gasteiger partial charge in [0.1, 0.15) is 0 Å². The zero-order chi connectivity index (χ0) is 22.2. The van der Waals surface area contributed by atoms with Gasteiger partial charge in [-0.25, -0.2) is 4.79 Å². The molecule has 1 unspecified atom stereocenters. The van der Waals surface area contributed by atoms with Gasteiger partial charge >= 0.3 is 5.97 Å². The van der Waals surface area contributed by atoms with Gasteiger partial charge in [0.25, 0.3) is 5.91 Å².